The van der Waals surface area contributed by atoms with Crippen molar-refractivity contribution in [2.75, 3.05) is 27.3 Å². The van der Waals surface area contributed by atoms with Crippen LogP contribution in [0.4, 0.5) is 0 Å². The van der Waals surface area contributed by atoms with Gasteiger partial charge >= 0.3 is 0 Å². The van der Waals surface area contributed by atoms with E-state index in [2.05, 4.69) is 49.9 Å². The van der Waals surface area contributed by atoms with Crippen molar-refractivity contribution in [3.63, 3.8) is 0 Å². The molecule has 0 amide bonds. The third-order valence-electron chi connectivity index (χ3n) is 4.08. The van der Waals surface area contributed by atoms with Crippen LogP contribution in [0.15, 0.2) is 10.5 Å². The lowest BCUT2D eigenvalue weighted by molar-refractivity contribution is -0.910. The number of fused-ring (bicyclic) bond motifs is 1. The molecule has 22 heavy (non-hydrogen) atoms. The van der Waals surface area contributed by atoms with Gasteiger partial charge in [-0.2, -0.15) is 0 Å². The number of ether oxygens (including phenoxy) is 2. The number of quaternary nitrogens is 1. The van der Waals surface area contributed by atoms with E-state index >= 15 is 0 Å². The van der Waals surface area contributed by atoms with Gasteiger partial charge < -0.3 is 14.0 Å². The van der Waals surface area contributed by atoms with Gasteiger partial charge in [0, 0.05) is 0 Å². The van der Waals surface area contributed by atoms with E-state index in [1.165, 1.54) is 11.1 Å². The largest absolute Gasteiger partial charge is 0.493 e. The summed E-state index contributed by atoms with van der Waals surface area (Å²) in [6.45, 7) is 7.96. The lowest BCUT2D eigenvalue weighted by Gasteiger charge is -2.22. The molecule has 0 fully saturated rings. The summed E-state index contributed by atoms with van der Waals surface area (Å²) in [7, 11) is 4.53. The van der Waals surface area contributed by atoms with Gasteiger partial charge in [-0.05, 0) is 34.8 Å². The zero-order valence-corrected chi connectivity index (χ0v) is 16.0. The van der Waals surface area contributed by atoms with Crippen molar-refractivity contribution in [1.29, 1.82) is 0 Å². The van der Waals surface area contributed by atoms with E-state index in [-0.39, 0.29) is 0 Å². The molecule has 0 unspecified atom stereocenters. The van der Waals surface area contributed by atoms with E-state index in [1.54, 1.807) is 0 Å². The van der Waals surface area contributed by atoms with Gasteiger partial charge in [0.15, 0.2) is 0 Å². The highest BCUT2D eigenvalue weighted by atomic mass is 79.9. The van der Waals surface area contributed by atoms with Crippen molar-refractivity contribution < 1.29 is 14.0 Å². The van der Waals surface area contributed by atoms with Crippen LogP contribution in [-0.2, 0) is 13.1 Å². The smallest absolute Gasteiger partial charge is 0.143 e. The van der Waals surface area contributed by atoms with Gasteiger partial charge in [-0.3, -0.25) is 0 Å². The summed E-state index contributed by atoms with van der Waals surface area (Å²) in [5.74, 6) is 2.05. The second kappa shape index (κ2) is 7.69. The highest BCUT2D eigenvalue weighted by molar-refractivity contribution is 9.10. The van der Waals surface area contributed by atoms with Gasteiger partial charge in [-0.25, -0.2) is 0 Å². The molecule has 0 bridgehead atoms. The van der Waals surface area contributed by atoms with E-state index in [0.717, 1.165) is 72.4 Å². The maximum atomic E-state index is 6.08. The molecule has 1 aliphatic heterocycles. The number of hydrogen-bond acceptors (Lipinski definition) is 2. The number of unbranched alkanes of at least 4 members (excludes halogenated alkanes) is 2. The van der Waals surface area contributed by atoms with Crippen LogP contribution in [0.25, 0.3) is 0 Å². The molecule has 0 atom stereocenters. The van der Waals surface area contributed by atoms with Crippen LogP contribution in [0.1, 0.15) is 50.7 Å². The van der Waals surface area contributed by atoms with Gasteiger partial charge in [0.05, 0.1) is 42.9 Å². The van der Waals surface area contributed by atoms with Crippen molar-refractivity contribution >= 4 is 15.9 Å². The third kappa shape index (κ3) is 4.17. The molecule has 0 radical (unpaired) electrons. The zero-order valence-electron chi connectivity index (χ0n) is 14.4. The average molecular weight is 371 g/mol. The standard InChI is InChI=1S/C18H29BrNO2/c1-5-7-9-21-17-11-16(19)18(22-10-8-6-2)15-13-20(3,4)12-14(15)17/h11H,5-10,12-13H2,1-4H3/q+1. The van der Waals surface area contributed by atoms with Gasteiger partial charge in [0.25, 0.3) is 0 Å². The Labute approximate surface area is 143 Å². The van der Waals surface area contributed by atoms with Gasteiger partial charge in [0.2, 0.25) is 0 Å². The summed E-state index contributed by atoms with van der Waals surface area (Å²) in [6.07, 6.45) is 4.50. The van der Waals surface area contributed by atoms with Gasteiger partial charge in [0.1, 0.15) is 24.6 Å². The molecular weight excluding hydrogens is 342 g/mol. The Kier molecular flexibility index (Phi) is 6.16. The molecule has 0 N–H and O–H groups in total. The molecule has 1 heterocycles. The first-order valence-electron chi connectivity index (χ1n) is 8.40. The molecule has 1 aromatic carbocycles. The second-order valence-electron chi connectivity index (χ2n) is 6.80. The van der Waals surface area contributed by atoms with Gasteiger partial charge in [-0.15, -0.1) is 0 Å². The summed E-state index contributed by atoms with van der Waals surface area (Å²) in [4.78, 5) is 0. The Bertz CT molecular complexity index is 514. The van der Waals surface area contributed by atoms with E-state index in [4.69, 9.17) is 9.47 Å². The van der Waals surface area contributed by atoms with Crippen molar-refractivity contribution in [2.45, 2.75) is 52.6 Å². The van der Waals surface area contributed by atoms with Crippen molar-refractivity contribution in [3.05, 3.63) is 21.7 Å². The summed E-state index contributed by atoms with van der Waals surface area (Å²) in [5.41, 5.74) is 2.65. The van der Waals surface area contributed by atoms with Crippen LogP contribution in [0.2, 0.25) is 0 Å². The topological polar surface area (TPSA) is 18.5 Å². The fourth-order valence-corrected chi connectivity index (χ4v) is 3.44. The Balaban J connectivity index is 2.28. The molecule has 3 nitrogen and oxygen atoms in total. The fraction of sp³-hybridized carbons (Fsp3) is 0.667. The van der Waals surface area contributed by atoms with E-state index < -0.39 is 0 Å². The lowest BCUT2D eigenvalue weighted by atomic mass is 10.1. The maximum absolute atomic E-state index is 6.08. The summed E-state index contributed by atoms with van der Waals surface area (Å²) < 4.78 is 14.1. The molecular formula is C18H29BrNO2+. The normalized spacial score (nSPS) is 15.7. The van der Waals surface area contributed by atoms with Crippen molar-refractivity contribution in [2.24, 2.45) is 0 Å². The minimum atomic E-state index is 0.783. The molecule has 0 saturated heterocycles. The Hall–Kier alpha value is -0.740. The molecule has 0 spiro atoms. The molecule has 124 valence electrons. The predicted octanol–water partition coefficient (Wildman–Crippen LogP) is 4.90. The molecule has 1 aliphatic rings. The quantitative estimate of drug-likeness (QED) is 0.478. The van der Waals surface area contributed by atoms with Crippen LogP contribution < -0.4 is 9.47 Å². The first-order valence-corrected chi connectivity index (χ1v) is 9.19. The molecule has 4 heteroatoms. The minimum Gasteiger partial charge on any atom is -0.493 e. The van der Waals surface area contributed by atoms with E-state index in [1.807, 2.05) is 0 Å². The minimum absolute atomic E-state index is 0.783. The molecule has 0 saturated carbocycles. The van der Waals surface area contributed by atoms with Crippen molar-refractivity contribution in [1.82, 2.24) is 0 Å². The number of benzene rings is 1. The monoisotopic (exact) mass is 370 g/mol. The predicted molar refractivity (Wildman–Crippen MR) is 94.5 cm³/mol. The van der Waals surface area contributed by atoms with Crippen LogP contribution in [0.5, 0.6) is 11.5 Å². The molecule has 0 aliphatic carbocycles. The van der Waals surface area contributed by atoms with Crippen LogP contribution in [0.3, 0.4) is 0 Å². The number of rotatable bonds is 8. The molecule has 2 rings (SSSR count). The Morgan fingerprint density at radius 3 is 2.23 bits per heavy atom. The summed E-state index contributed by atoms with van der Waals surface area (Å²) >= 11 is 3.69. The van der Waals surface area contributed by atoms with Gasteiger partial charge in [-0.1, -0.05) is 26.7 Å². The third-order valence-corrected chi connectivity index (χ3v) is 4.67. The number of nitrogens with zero attached hydrogens (tertiary/aromatic N) is 1. The maximum Gasteiger partial charge on any atom is 0.143 e. The average Bonchev–Trinajstić information content (AvgIpc) is 2.78. The summed E-state index contributed by atoms with van der Waals surface area (Å²) in [5, 5.41) is 0. The first kappa shape index (κ1) is 17.6. The molecule has 0 aromatic heterocycles. The number of halogens is 1. The zero-order chi connectivity index (χ0) is 16.2. The molecule has 1 aromatic rings. The summed E-state index contributed by atoms with van der Waals surface area (Å²) in [6, 6.07) is 2.10. The van der Waals surface area contributed by atoms with Crippen LogP contribution in [-0.4, -0.2) is 31.8 Å². The van der Waals surface area contributed by atoms with E-state index in [9.17, 15) is 0 Å². The first-order chi connectivity index (χ1) is 10.5. The number of hydrogen-bond donors (Lipinski definition) is 0. The highest BCUT2D eigenvalue weighted by Gasteiger charge is 2.34. The highest BCUT2D eigenvalue weighted by Crippen LogP contribution is 2.44. The van der Waals surface area contributed by atoms with Crippen molar-refractivity contribution in [3.8, 4) is 11.5 Å². The lowest BCUT2D eigenvalue weighted by Crippen LogP contribution is -2.32. The van der Waals surface area contributed by atoms with E-state index in [0.29, 0.717) is 0 Å². The Morgan fingerprint density at radius 2 is 1.59 bits per heavy atom. The fourth-order valence-electron chi connectivity index (χ4n) is 2.88. The van der Waals surface area contributed by atoms with Crippen LogP contribution >= 0.6 is 15.9 Å². The second-order valence-corrected chi connectivity index (χ2v) is 7.65. The Morgan fingerprint density at radius 1 is 1.00 bits per heavy atom. The SMILES string of the molecule is CCCCOc1cc(Br)c(OCCCC)c2c1C[N+](C)(C)C2. The van der Waals surface area contributed by atoms with Crippen LogP contribution in [0, 0.1) is 0 Å².